The molecule has 0 spiro atoms. The van der Waals surface area contributed by atoms with E-state index in [1.165, 1.54) is 46.7 Å². The summed E-state index contributed by atoms with van der Waals surface area (Å²) in [5.74, 6) is -0.353. The zero-order chi connectivity index (χ0) is 32.3. The number of furan rings is 1. The number of carbonyl (C=O) groups excluding carboxylic acids is 2. The molecule has 0 aliphatic carbocycles. The van der Waals surface area contributed by atoms with Crippen molar-refractivity contribution in [3.8, 4) is 0 Å². The lowest BCUT2D eigenvalue weighted by Crippen LogP contribution is -2.30. The summed E-state index contributed by atoms with van der Waals surface area (Å²) in [7, 11) is -2.68. The molecule has 1 aromatic heterocycles. The Morgan fingerprint density at radius 3 is 2.07 bits per heavy atom. The van der Waals surface area contributed by atoms with E-state index >= 15 is 0 Å². The molecule has 0 N–H and O–H groups in total. The van der Waals surface area contributed by atoms with Crippen molar-refractivity contribution in [2.45, 2.75) is 45.3 Å². The number of esters is 1. The predicted molar refractivity (Wildman–Crippen MR) is 172 cm³/mol. The van der Waals surface area contributed by atoms with Gasteiger partial charge in [-0.25, -0.2) is 13.2 Å². The van der Waals surface area contributed by atoms with E-state index in [0.29, 0.717) is 22.2 Å². The summed E-state index contributed by atoms with van der Waals surface area (Å²) in [5.41, 5.74) is 4.64. The van der Waals surface area contributed by atoms with E-state index in [9.17, 15) is 18.0 Å². The molecule has 10 heteroatoms. The van der Waals surface area contributed by atoms with E-state index in [1.807, 2.05) is 62.4 Å². The summed E-state index contributed by atoms with van der Waals surface area (Å²) in [4.78, 5) is 28.1. The molecule has 1 aliphatic rings. The highest BCUT2D eigenvalue weighted by Crippen LogP contribution is 2.33. The van der Waals surface area contributed by atoms with E-state index in [1.54, 1.807) is 19.1 Å². The van der Waals surface area contributed by atoms with Crippen LogP contribution in [0.1, 0.15) is 40.7 Å². The maximum Gasteiger partial charge on any atom is 0.340 e. The Bertz CT molecular complexity index is 1890. The molecule has 0 atom stereocenters. The van der Waals surface area contributed by atoms with E-state index < -0.39 is 16.0 Å². The molecule has 5 rings (SSSR count). The van der Waals surface area contributed by atoms with Gasteiger partial charge in [0.25, 0.3) is 5.91 Å². The van der Waals surface area contributed by atoms with Crippen LogP contribution in [0.5, 0.6) is 0 Å². The third kappa shape index (κ3) is 7.12. The minimum atomic E-state index is -3.95. The van der Waals surface area contributed by atoms with Crippen molar-refractivity contribution < 1.29 is 27.2 Å². The summed E-state index contributed by atoms with van der Waals surface area (Å²) in [5, 5.41) is 0.428. The minimum absolute atomic E-state index is 0.0752. The van der Waals surface area contributed by atoms with Crippen molar-refractivity contribution in [1.82, 2.24) is 9.21 Å². The fraction of sp³-hybridized carbons (Fsp3) is 0.200. The van der Waals surface area contributed by atoms with Gasteiger partial charge in [-0.05, 0) is 74.4 Å². The van der Waals surface area contributed by atoms with Gasteiger partial charge in [-0.1, -0.05) is 71.3 Å². The molecule has 0 radical (unpaired) electrons. The highest BCUT2D eigenvalue weighted by Gasteiger charge is 2.37. The fourth-order valence-electron chi connectivity index (χ4n) is 5.05. The number of nitrogens with zero attached hydrogens (tertiary/aromatic N) is 2. The average Bonchev–Trinajstić information content (AvgIpc) is 3.56. The normalized spacial score (nSPS) is 14.6. The minimum Gasteiger partial charge on any atom is -0.465 e. The van der Waals surface area contributed by atoms with Gasteiger partial charge in [0.05, 0.1) is 36.2 Å². The number of hydrogen-bond donors (Lipinski definition) is 0. The summed E-state index contributed by atoms with van der Waals surface area (Å²) >= 11 is 6.01. The van der Waals surface area contributed by atoms with Gasteiger partial charge in [-0.2, -0.15) is 4.31 Å². The van der Waals surface area contributed by atoms with Gasteiger partial charge in [-0.3, -0.25) is 4.79 Å². The number of halogens is 1. The molecule has 2 heterocycles. The summed E-state index contributed by atoms with van der Waals surface area (Å²) in [6.45, 7) is 5.96. The number of benzene rings is 3. The fourth-order valence-corrected chi connectivity index (χ4v) is 6.57. The Kier molecular flexibility index (Phi) is 9.43. The van der Waals surface area contributed by atoms with Crippen LogP contribution < -0.4 is 0 Å². The molecule has 0 unspecified atom stereocenters. The van der Waals surface area contributed by atoms with Crippen molar-refractivity contribution in [3.05, 3.63) is 141 Å². The second-order valence-electron chi connectivity index (χ2n) is 10.9. The largest absolute Gasteiger partial charge is 0.465 e. The summed E-state index contributed by atoms with van der Waals surface area (Å²) in [6, 6.07) is 24.7. The van der Waals surface area contributed by atoms with Crippen LogP contribution >= 0.6 is 11.6 Å². The van der Waals surface area contributed by atoms with Crippen LogP contribution in [0.15, 0.2) is 111 Å². The van der Waals surface area contributed by atoms with Gasteiger partial charge in [0.15, 0.2) is 0 Å². The number of rotatable bonds is 10. The lowest BCUT2D eigenvalue weighted by molar-refractivity contribution is -0.136. The van der Waals surface area contributed by atoms with Gasteiger partial charge in [0.1, 0.15) is 11.5 Å². The maximum absolute atomic E-state index is 13.8. The summed E-state index contributed by atoms with van der Waals surface area (Å²) < 4.78 is 39.9. The first-order valence-corrected chi connectivity index (χ1v) is 16.1. The molecule has 232 valence electrons. The van der Waals surface area contributed by atoms with Crippen LogP contribution in [0.3, 0.4) is 0 Å². The van der Waals surface area contributed by atoms with Crippen molar-refractivity contribution in [1.29, 1.82) is 0 Å². The molecule has 0 fully saturated rings. The highest BCUT2D eigenvalue weighted by molar-refractivity contribution is 7.89. The molecule has 4 aromatic rings. The van der Waals surface area contributed by atoms with E-state index in [-0.39, 0.29) is 41.6 Å². The van der Waals surface area contributed by atoms with E-state index in [4.69, 9.17) is 20.8 Å². The Labute approximate surface area is 268 Å². The van der Waals surface area contributed by atoms with Crippen LogP contribution in [-0.2, 0) is 44.0 Å². The highest BCUT2D eigenvalue weighted by atomic mass is 35.5. The Hall–Kier alpha value is -4.44. The number of aryl methyl sites for hydroxylation is 2. The molecule has 0 bridgehead atoms. The van der Waals surface area contributed by atoms with Crippen molar-refractivity contribution in [3.63, 3.8) is 0 Å². The molecule has 0 saturated heterocycles. The number of hydrogen-bond acceptors (Lipinski definition) is 6. The van der Waals surface area contributed by atoms with Gasteiger partial charge in [0.2, 0.25) is 10.0 Å². The standard InChI is InChI=1S/C35H33ClN2O6S/c1-23-5-9-26(10-6-23)20-37(45(41,42)31-17-13-28(36)14-18-31)22-30-16-15-29(44-30)19-32-33(35(40)43-4)25(3)38(34(32)39)21-27-11-7-24(2)8-12-27/h5-19H,20-22H2,1-4H3/b32-19+. The average molecular weight is 645 g/mol. The SMILES string of the molecule is COC(=O)C1=C(C)N(Cc2ccc(C)cc2)C(=O)/C1=C/c1ccc(CN(Cc2ccc(C)cc2)S(=O)(=O)c2ccc(Cl)cc2)o1. The number of methoxy groups -OCH3 is 1. The Balaban J connectivity index is 1.45. The van der Waals surface area contributed by atoms with Gasteiger partial charge >= 0.3 is 5.97 Å². The number of sulfonamides is 1. The molecular weight excluding hydrogens is 612 g/mol. The number of carbonyl (C=O) groups is 2. The smallest absolute Gasteiger partial charge is 0.340 e. The summed E-state index contributed by atoms with van der Waals surface area (Å²) in [6.07, 6.45) is 1.49. The van der Waals surface area contributed by atoms with Crippen molar-refractivity contribution in [2.75, 3.05) is 7.11 Å². The lowest BCUT2D eigenvalue weighted by atomic mass is 10.1. The number of ether oxygens (including phenoxy) is 1. The van der Waals surface area contributed by atoms with Gasteiger partial charge in [0, 0.05) is 17.3 Å². The molecule has 8 nitrogen and oxygen atoms in total. The predicted octanol–water partition coefficient (Wildman–Crippen LogP) is 6.81. The molecular formula is C35H33ClN2O6S. The molecule has 45 heavy (non-hydrogen) atoms. The lowest BCUT2D eigenvalue weighted by Gasteiger charge is -2.21. The van der Waals surface area contributed by atoms with Crippen molar-refractivity contribution in [2.24, 2.45) is 0 Å². The van der Waals surface area contributed by atoms with Crippen LogP contribution in [0, 0.1) is 13.8 Å². The first-order chi connectivity index (χ1) is 21.5. The third-order valence-corrected chi connectivity index (χ3v) is 9.65. The second-order valence-corrected chi connectivity index (χ2v) is 13.3. The first kappa shape index (κ1) is 32.0. The van der Waals surface area contributed by atoms with Crippen molar-refractivity contribution >= 4 is 39.6 Å². The second kappa shape index (κ2) is 13.3. The molecule has 3 aromatic carbocycles. The quantitative estimate of drug-likeness (QED) is 0.139. The number of amides is 1. The van der Waals surface area contributed by atoms with Crippen LogP contribution in [0.25, 0.3) is 6.08 Å². The maximum atomic E-state index is 13.8. The Morgan fingerprint density at radius 1 is 0.867 bits per heavy atom. The zero-order valence-corrected chi connectivity index (χ0v) is 27.0. The molecule has 1 amide bonds. The van der Waals surface area contributed by atoms with E-state index in [0.717, 1.165) is 22.3 Å². The monoisotopic (exact) mass is 644 g/mol. The molecule has 1 aliphatic heterocycles. The molecule has 0 saturated carbocycles. The first-order valence-electron chi connectivity index (χ1n) is 14.2. The van der Waals surface area contributed by atoms with Crippen LogP contribution in [0.2, 0.25) is 5.02 Å². The van der Waals surface area contributed by atoms with Crippen LogP contribution in [-0.4, -0.2) is 36.6 Å². The van der Waals surface area contributed by atoms with Gasteiger partial charge < -0.3 is 14.1 Å². The topological polar surface area (TPSA) is 97.1 Å². The van der Waals surface area contributed by atoms with E-state index in [2.05, 4.69) is 0 Å². The third-order valence-electron chi connectivity index (χ3n) is 7.59. The number of allylic oxidation sites excluding steroid dienone is 1. The van der Waals surface area contributed by atoms with Gasteiger partial charge in [-0.15, -0.1) is 0 Å². The van der Waals surface area contributed by atoms with Crippen LogP contribution in [0.4, 0.5) is 0 Å². The Morgan fingerprint density at radius 2 is 1.47 bits per heavy atom. The zero-order valence-electron chi connectivity index (χ0n) is 25.4.